The molecule has 0 amide bonds. The molecule has 8 heteroatoms. The first kappa shape index (κ1) is 32.0. The Balaban J connectivity index is 1.22. The lowest BCUT2D eigenvalue weighted by Crippen LogP contribution is -2.21. The second-order valence-corrected chi connectivity index (χ2v) is 12.1. The van der Waals surface area contributed by atoms with Crippen molar-refractivity contribution in [1.82, 2.24) is 19.6 Å². The van der Waals surface area contributed by atoms with Gasteiger partial charge in [-0.1, -0.05) is 121 Å². The molecule has 0 aliphatic carbocycles. The van der Waals surface area contributed by atoms with Crippen LogP contribution in [0.2, 0.25) is 0 Å². The number of nitrogens with zero attached hydrogens (tertiary/aromatic N) is 4. The van der Waals surface area contributed by atoms with E-state index in [1.807, 2.05) is 153 Å². The number of para-hydroxylation sites is 2. The van der Waals surface area contributed by atoms with E-state index in [1.54, 1.807) is 9.36 Å². The van der Waals surface area contributed by atoms with Gasteiger partial charge in [0.2, 0.25) is 0 Å². The van der Waals surface area contributed by atoms with Crippen LogP contribution in [0.25, 0.3) is 11.4 Å². The molecule has 0 unspecified atom stereocenters. The minimum absolute atomic E-state index is 0.154. The molecule has 7 aromatic rings. The molecule has 0 aliphatic rings. The molecule has 0 aliphatic heterocycles. The van der Waals surface area contributed by atoms with Gasteiger partial charge in [-0.05, 0) is 49.2 Å². The molecule has 0 spiro atoms. The monoisotopic (exact) mass is 656 g/mol. The number of aliphatic imine (C=N–C) groups is 2. The summed E-state index contributed by atoms with van der Waals surface area (Å²) in [5.74, 6) is 0. The largest absolute Gasteiger partial charge is 0.295 e. The summed E-state index contributed by atoms with van der Waals surface area (Å²) in [5.41, 5.74) is 8.72. The standard InChI is InChI=1S/C42H36N6O2/c1-29-37(41(49)47(45-29)35-22-11-5-12-23-35)39(33-18-7-3-8-19-33)43-27-31-16-15-17-32(26-31)28-44-40(34-20-9-4-10-21-34)38-30(2)46-48(42(38)50)36-24-13-6-14-25-36/h3-26,45-46H,27-28H2,1-2H3. The zero-order valence-electron chi connectivity index (χ0n) is 27.9. The van der Waals surface area contributed by atoms with Crippen molar-refractivity contribution < 1.29 is 0 Å². The molecule has 0 saturated carbocycles. The van der Waals surface area contributed by atoms with Crippen LogP contribution >= 0.6 is 0 Å². The van der Waals surface area contributed by atoms with Crippen LogP contribution in [-0.4, -0.2) is 31.0 Å². The first-order valence-electron chi connectivity index (χ1n) is 16.5. The SMILES string of the molecule is Cc1[nH]n(-c2ccccc2)c(=O)c1C(=NCc1cccc(CN=C(c2ccccc2)c2c(C)[nH]n(-c3ccccc3)c2=O)c1)c1ccccc1. The average Bonchev–Trinajstić information content (AvgIpc) is 3.63. The number of nitrogens with one attached hydrogen (secondary N) is 2. The van der Waals surface area contributed by atoms with E-state index in [-0.39, 0.29) is 11.1 Å². The fourth-order valence-electron chi connectivity index (χ4n) is 6.16. The van der Waals surface area contributed by atoms with Crippen molar-refractivity contribution in [3.05, 3.63) is 211 Å². The van der Waals surface area contributed by atoms with E-state index in [9.17, 15) is 9.59 Å². The summed E-state index contributed by atoms with van der Waals surface area (Å²) in [6.45, 7) is 4.53. The molecule has 7 rings (SSSR count). The number of aromatic amines is 2. The molecule has 2 N–H and O–H groups in total. The Kier molecular flexibility index (Phi) is 9.16. The molecule has 0 radical (unpaired) electrons. The number of aryl methyl sites for hydroxylation is 2. The van der Waals surface area contributed by atoms with Gasteiger partial charge < -0.3 is 0 Å². The van der Waals surface area contributed by atoms with Gasteiger partial charge >= 0.3 is 0 Å². The maximum absolute atomic E-state index is 13.8. The summed E-state index contributed by atoms with van der Waals surface area (Å²) in [6.07, 6.45) is 0. The summed E-state index contributed by atoms with van der Waals surface area (Å²) < 4.78 is 3.12. The highest BCUT2D eigenvalue weighted by atomic mass is 16.1. The lowest BCUT2D eigenvalue weighted by atomic mass is 10.0. The predicted molar refractivity (Wildman–Crippen MR) is 200 cm³/mol. The van der Waals surface area contributed by atoms with Crippen LogP contribution in [0, 0.1) is 13.8 Å². The van der Waals surface area contributed by atoms with Gasteiger partial charge in [-0.2, -0.15) is 0 Å². The lowest BCUT2D eigenvalue weighted by molar-refractivity contribution is 0.835. The van der Waals surface area contributed by atoms with Gasteiger partial charge in [-0.15, -0.1) is 0 Å². The lowest BCUT2D eigenvalue weighted by Gasteiger charge is -2.08. The van der Waals surface area contributed by atoms with Crippen molar-refractivity contribution in [2.75, 3.05) is 0 Å². The Morgan fingerprint density at radius 3 is 1.24 bits per heavy atom. The highest BCUT2D eigenvalue weighted by Crippen LogP contribution is 2.18. The van der Waals surface area contributed by atoms with Crippen LogP contribution in [-0.2, 0) is 13.1 Å². The minimum Gasteiger partial charge on any atom is -0.295 e. The van der Waals surface area contributed by atoms with Gasteiger partial charge in [0.15, 0.2) is 0 Å². The van der Waals surface area contributed by atoms with Crippen molar-refractivity contribution in [1.29, 1.82) is 0 Å². The first-order chi connectivity index (χ1) is 24.5. The Bertz CT molecular complexity index is 2250. The highest BCUT2D eigenvalue weighted by molar-refractivity contribution is 6.14. The summed E-state index contributed by atoms with van der Waals surface area (Å²) in [5, 5.41) is 6.48. The van der Waals surface area contributed by atoms with Crippen molar-refractivity contribution in [3.63, 3.8) is 0 Å². The second-order valence-electron chi connectivity index (χ2n) is 12.1. The van der Waals surface area contributed by atoms with E-state index >= 15 is 0 Å². The first-order valence-corrected chi connectivity index (χ1v) is 16.5. The summed E-state index contributed by atoms with van der Waals surface area (Å²) in [7, 11) is 0. The molecule has 0 saturated heterocycles. The average molecular weight is 657 g/mol. The van der Waals surface area contributed by atoms with Crippen LogP contribution < -0.4 is 11.1 Å². The molecule has 246 valence electrons. The van der Waals surface area contributed by atoms with Crippen LogP contribution in [0.4, 0.5) is 0 Å². The molecule has 5 aromatic carbocycles. The molecular formula is C42H36N6O2. The van der Waals surface area contributed by atoms with Crippen molar-refractivity contribution in [2.24, 2.45) is 9.98 Å². The molecular weight excluding hydrogens is 621 g/mol. The molecule has 0 fully saturated rings. The molecule has 0 bridgehead atoms. The number of hydrogen-bond acceptors (Lipinski definition) is 4. The Morgan fingerprint density at radius 1 is 0.500 bits per heavy atom. The van der Waals surface area contributed by atoms with E-state index in [2.05, 4.69) is 16.3 Å². The number of benzene rings is 5. The van der Waals surface area contributed by atoms with Gasteiger partial charge in [0, 0.05) is 22.5 Å². The normalized spacial score (nSPS) is 12.0. The number of H-pyrrole nitrogens is 2. The van der Waals surface area contributed by atoms with E-state index in [0.717, 1.165) is 45.0 Å². The number of rotatable bonds is 10. The zero-order valence-corrected chi connectivity index (χ0v) is 27.9. The van der Waals surface area contributed by atoms with E-state index in [1.165, 1.54) is 0 Å². The molecule has 0 atom stereocenters. The van der Waals surface area contributed by atoms with E-state index in [4.69, 9.17) is 9.98 Å². The third-order valence-electron chi connectivity index (χ3n) is 8.57. The predicted octanol–water partition coefficient (Wildman–Crippen LogP) is 7.34. The maximum atomic E-state index is 13.8. The summed E-state index contributed by atoms with van der Waals surface area (Å²) >= 11 is 0. The van der Waals surface area contributed by atoms with Gasteiger partial charge in [0.1, 0.15) is 0 Å². The fraction of sp³-hybridized carbons (Fsp3) is 0.0952. The van der Waals surface area contributed by atoms with Crippen LogP contribution in [0.15, 0.2) is 165 Å². The van der Waals surface area contributed by atoms with Gasteiger partial charge in [-0.3, -0.25) is 29.8 Å². The number of aromatic nitrogens is 4. The fourth-order valence-corrected chi connectivity index (χ4v) is 6.16. The van der Waals surface area contributed by atoms with E-state index in [0.29, 0.717) is 35.6 Å². The minimum atomic E-state index is -0.154. The van der Waals surface area contributed by atoms with Crippen LogP contribution in [0.5, 0.6) is 0 Å². The third kappa shape index (κ3) is 6.59. The summed E-state index contributed by atoms with van der Waals surface area (Å²) in [6, 6.07) is 46.8. The van der Waals surface area contributed by atoms with Crippen molar-refractivity contribution in [3.8, 4) is 11.4 Å². The van der Waals surface area contributed by atoms with Crippen LogP contribution in [0.3, 0.4) is 0 Å². The topological polar surface area (TPSA) is 100 Å². The van der Waals surface area contributed by atoms with Gasteiger partial charge in [0.05, 0.1) is 47.0 Å². The van der Waals surface area contributed by atoms with Gasteiger partial charge in [-0.25, -0.2) is 9.36 Å². The second kappa shape index (κ2) is 14.3. The molecule has 50 heavy (non-hydrogen) atoms. The zero-order chi connectivity index (χ0) is 34.5. The molecule has 2 aromatic heterocycles. The summed E-state index contributed by atoms with van der Waals surface area (Å²) in [4.78, 5) is 37.7. The molecule has 8 nitrogen and oxygen atoms in total. The third-order valence-corrected chi connectivity index (χ3v) is 8.57. The van der Waals surface area contributed by atoms with Gasteiger partial charge in [0.25, 0.3) is 11.1 Å². The Labute approximate surface area is 289 Å². The Morgan fingerprint density at radius 2 is 0.860 bits per heavy atom. The van der Waals surface area contributed by atoms with Crippen molar-refractivity contribution >= 4 is 11.4 Å². The van der Waals surface area contributed by atoms with Crippen LogP contribution in [0.1, 0.15) is 44.8 Å². The van der Waals surface area contributed by atoms with E-state index < -0.39 is 0 Å². The highest BCUT2D eigenvalue weighted by Gasteiger charge is 2.21. The Hall–Kier alpha value is -6.54. The molecule has 2 heterocycles. The quantitative estimate of drug-likeness (QED) is 0.151. The maximum Gasteiger partial charge on any atom is 0.280 e. The smallest absolute Gasteiger partial charge is 0.280 e. The van der Waals surface area contributed by atoms with Crippen molar-refractivity contribution in [2.45, 2.75) is 26.9 Å². The number of hydrogen-bond donors (Lipinski definition) is 2.